The Kier molecular flexibility index (Phi) is 3.74. The molecule has 1 heterocycles. The molecule has 1 atom stereocenters. The molecule has 0 aromatic heterocycles. The van der Waals surface area contributed by atoms with E-state index < -0.39 is 15.7 Å². The van der Waals surface area contributed by atoms with Crippen molar-refractivity contribution in [3.05, 3.63) is 29.6 Å². The van der Waals surface area contributed by atoms with Crippen LogP contribution in [0.1, 0.15) is 51.5 Å². The van der Waals surface area contributed by atoms with Gasteiger partial charge in [0.25, 0.3) is 0 Å². The highest BCUT2D eigenvalue weighted by Crippen LogP contribution is 2.46. The Balaban J connectivity index is 2.54. The van der Waals surface area contributed by atoms with Gasteiger partial charge in [0, 0.05) is 0 Å². The van der Waals surface area contributed by atoms with E-state index in [0.717, 1.165) is 18.4 Å². The van der Waals surface area contributed by atoms with Gasteiger partial charge in [-0.3, -0.25) is 0 Å². The summed E-state index contributed by atoms with van der Waals surface area (Å²) < 4.78 is 37.5. The highest BCUT2D eigenvalue weighted by molar-refractivity contribution is 7.91. The maximum absolute atomic E-state index is 13.3. The van der Waals surface area contributed by atoms with Crippen LogP contribution in [0.15, 0.2) is 23.1 Å². The molecule has 106 valence electrons. The zero-order valence-corrected chi connectivity index (χ0v) is 12.6. The van der Waals surface area contributed by atoms with Gasteiger partial charge in [-0.1, -0.05) is 33.3 Å². The van der Waals surface area contributed by atoms with Crippen LogP contribution in [0.25, 0.3) is 0 Å². The van der Waals surface area contributed by atoms with Crippen molar-refractivity contribution in [3.8, 4) is 0 Å². The third kappa shape index (κ3) is 2.69. The van der Waals surface area contributed by atoms with E-state index in [4.69, 9.17) is 0 Å². The van der Waals surface area contributed by atoms with Gasteiger partial charge < -0.3 is 0 Å². The molecule has 0 radical (unpaired) electrons. The molecular formula is C15H21FO2S. The van der Waals surface area contributed by atoms with Crippen LogP contribution in [0.3, 0.4) is 0 Å². The van der Waals surface area contributed by atoms with Crippen LogP contribution in [-0.4, -0.2) is 14.2 Å². The highest BCUT2D eigenvalue weighted by Gasteiger charge is 2.38. The fourth-order valence-corrected chi connectivity index (χ4v) is 4.86. The van der Waals surface area contributed by atoms with Gasteiger partial charge in [-0.05, 0) is 41.9 Å². The van der Waals surface area contributed by atoms with Gasteiger partial charge in [-0.15, -0.1) is 0 Å². The topological polar surface area (TPSA) is 34.1 Å². The predicted molar refractivity (Wildman–Crippen MR) is 74.5 cm³/mol. The number of fused-ring (bicyclic) bond motifs is 1. The normalized spacial score (nSPS) is 22.0. The van der Waals surface area contributed by atoms with Crippen LogP contribution >= 0.6 is 0 Å². The summed E-state index contributed by atoms with van der Waals surface area (Å²) in [6.07, 6.45) is 2.73. The molecular weight excluding hydrogens is 263 g/mol. The lowest BCUT2D eigenvalue weighted by atomic mass is 9.71. The van der Waals surface area contributed by atoms with Gasteiger partial charge in [-0.2, -0.15) is 0 Å². The van der Waals surface area contributed by atoms with E-state index in [0.29, 0.717) is 6.42 Å². The molecule has 0 amide bonds. The van der Waals surface area contributed by atoms with Crippen LogP contribution in [0.5, 0.6) is 0 Å². The first-order chi connectivity index (χ1) is 8.78. The van der Waals surface area contributed by atoms with E-state index >= 15 is 0 Å². The van der Waals surface area contributed by atoms with Crippen LogP contribution in [0.4, 0.5) is 4.39 Å². The molecule has 19 heavy (non-hydrogen) atoms. The number of halogens is 1. The minimum atomic E-state index is -3.31. The second kappa shape index (κ2) is 4.89. The third-order valence-electron chi connectivity index (χ3n) is 4.20. The van der Waals surface area contributed by atoms with Gasteiger partial charge in [0.1, 0.15) is 5.82 Å². The summed E-state index contributed by atoms with van der Waals surface area (Å²) in [5.41, 5.74) is 0.836. The van der Waals surface area contributed by atoms with E-state index in [1.54, 1.807) is 6.07 Å². The Morgan fingerprint density at radius 1 is 1.37 bits per heavy atom. The molecule has 0 N–H and O–H groups in total. The zero-order chi connectivity index (χ0) is 14.3. The molecule has 0 spiro atoms. The number of hydrogen-bond acceptors (Lipinski definition) is 2. The van der Waals surface area contributed by atoms with E-state index in [9.17, 15) is 12.8 Å². The molecule has 1 aliphatic heterocycles. The predicted octanol–water partition coefficient (Wildman–Crippen LogP) is 3.91. The summed E-state index contributed by atoms with van der Waals surface area (Å²) in [7, 11) is -3.31. The third-order valence-corrected chi connectivity index (χ3v) is 6.00. The molecule has 1 aromatic carbocycles. The Morgan fingerprint density at radius 3 is 2.68 bits per heavy atom. The van der Waals surface area contributed by atoms with E-state index in [2.05, 4.69) is 20.8 Å². The molecule has 0 aliphatic carbocycles. The standard InChI is InChI=1S/C15H21FO2S/c1-4-8-15(2,3)13-7-9-19(17,18)14-10-11(16)5-6-12(13)14/h5-6,10,13H,4,7-9H2,1-3H3. The van der Waals surface area contributed by atoms with Gasteiger partial charge in [0.05, 0.1) is 10.6 Å². The van der Waals surface area contributed by atoms with Gasteiger partial charge in [0.15, 0.2) is 9.84 Å². The first kappa shape index (κ1) is 14.5. The van der Waals surface area contributed by atoms with Crippen LogP contribution in [0.2, 0.25) is 0 Å². The Bertz CT molecular complexity index is 576. The second-order valence-corrected chi connectivity index (χ2v) is 8.16. The average molecular weight is 284 g/mol. The second-order valence-electron chi connectivity index (χ2n) is 6.08. The minimum Gasteiger partial charge on any atom is -0.224 e. The van der Waals surface area contributed by atoms with Gasteiger partial charge in [-0.25, -0.2) is 12.8 Å². The quantitative estimate of drug-likeness (QED) is 0.843. The molecule has 0 saturated carbocycles. The molecule has 2 rings (SSSR count). The van der Waals surface area contributed by atoms with Crippen molar-refractivity contribution in [3.63, 3.8) is 0 Å². The monoisotopic (exact) mass is 284 g/mol. The van der Waals surface area contributed by atoms with E-state index in [1.165, 1.54) is 12.1 Å². The molecule has 0 bridgehead atoms. The lowest BCUT2D eigenvalue weighted by Gasteiger charge is -2.38. The minimum absolute atomic E-state index is 0.0390. The first-order valence-corrected chi connectivity index (χ1v) is 8.45. The van der Waals surface area contributed by atoms with E-state index in [1.807, 2.05) is 0 Å². The van der Waals surface area contributed by atoms with Crippen molar-refractivity contribution in [2.75, 3.05) is 5.75 Å². The van der Waals surface area contributed by atoms with Crippen LogP contribution in [0, 0.1) is 11.2 Å². The summed E-state index contributed by atoms with van der Waals surface area (Å²) in [6, 6.07) is 4.21. The summed E-state index contributed by atoms with van der Waals surface area (Å²) >= 11 is 0. The number of rotatable bonds is 3. The Hall–Kier alpha value is -0.900. The largest absolute Gasteiger partial charge is 0.224 e. The fraction of sp³-hybridized carbons (Fsp3) is 0.600. The fourth-order valence-electron chi connectivity index (χ4n) is 3.23. The average Bonchev–Trinajstić information content (AvgIpc) is 2.29. The Morgan fingerprint density at radius 2 is 2.05 bits per heavy atom. The smallest absolute Gasteiger partial charge is 0.178 e. The summed E-state index contributed by atoms with van der Waals surface area (Å²) in [6.45, 7) is 6.48. The molecule has 4 heteroatoms. The Labute approximate surface area is 115 Å². The number of benzene rings is 1. The lowest BCUT2D eigenvalue weighted by molar-refractivity contribution is 0.248. The molecule has 2 nitrogen and oxygen atoms in total. The molecule has 0 saturated heterocycles. The molecule has 1 aliphatic rings. The van der Waals surface area contributed by atoms with E-state index in [-0.39, 0.29) is 22.0 Å². The van der Waals surface area contributed by atoms with Crippen molar-refractivity contribution >= 4 is 9.84 Å². The van der Waals surface area contributed by atoms with Crippen molar-refractivity contribution in [1.29, 1.82) is 0 Å². The van der Waals surface area contributed by atoms with Crippen molar-refractivity contribution < 1.29 is 12.8 Å². The molecule has 1 aromatic rings. The van der Waals surface area contributed by atoms with Crippen molar-refractivity contribution in [2.45, 2.75) is 50.8 Å². The van der Waals surface area contributed by atoms with Crippen molar-refractivity contribution in [2.24, 2.45) is 5.41 Å². The lowest BCUT2D eigenvalue weighted by Crippen LogP contribution is -2.30. The summed E-state index contributed by atoms with van der Waals surface area (Å²) in [5, 5.41) is 0. The number of hydrogen-bond donors (Lipinski definition) is 0. The zero-order valence-electron chi connectivity index (χ0n) is 11.7. The number of sulfone groups is 1. The summed E-state index contributed by atoms with van der Waals surface area (Å²) in [5.74, 6) is -0.163. The highest BCUT2D eigenvalue weighted by atomic mass is 32.2. The maximum Gasteiger partial charge on any atom is 0.178 e. The molecule has 1 unspecified atom stereocenters. The van der Waals surface area contributed by atoms with Crippen LogP contribution in [-0.2, 0) is 9.84 Å². The first-order valence-electron chi connectivity index (χ1n) is 6.80. The maximum atomic E-state index is 13.3. The van der Waals surface area contributed by atoms with Gasteiger partial charge >= 0.3 is 0 Å². The SMILES string of the molecule is CCCC(C)(C)C1CCS(=O)(=O)c2cc(F)ccc21. The summed E-state index contributed by atoms with van der Waals surface area (Å²) in [4.78, 5) is 0.202. The van der Waals surface area contributed by atoms with Gasteiger partial charge in [0.2, 0.25) is 0 Å². The van der Waals surface area contributed by atoms with Crippen molar-refractivity contribution in [1.82, 2.24) is 0 Å². The molecule has 0 fully saturated rings. The van der Waals surface area contributed by atoms with Crippen LogP contribution < -0.4 is 0 Å².